The van der Waals surface area contributed by atoms with Gasteiger partial charge in [0, 0.05) is 0 Å². The van der Waals surface area contributed by atoms with Crippen LogP contribution >= 0.6 is 19.8 Å². The fourth-order valence-corrected chi connectivity index (χ4v) is 8.19. The SMILES string of the molecule is O=C1CCOC2C=CC=C(C2)C2=C3NC(=NCCN1)C=CI3CNCC2. The zero-order chi connectivity index (χ0) is 17.8. The molecular formula is C19H25IN4O2. The Morgan fingerprint density at radius 2 is 2.23 bits per heavy atom. The number of amidine groups is 1. The number of rotatable bonds is 0. The Hall–Kier alpha value is -1.45. The van der Waals surface area contributed by atoms with E-state index in [4.69, 9.17) is 4.74 Å². The van der Waals surface area contributed by atoms with E-state index in [1.165, 1.54) is 14.8 Å². The standard InChI is InChI=1S/C19H25IN4O2/c25-18-6-11-26-15-3-1-2-14(12-15)16-5-8-21-13-20-7-4-17(24-19(16)20)22-9-10-23-18/h1-4,7,15,21H,5-6,8-13H2,(H,22,24)(H,23,25). The van der Waals surface area contributed by atoms with Gasteiger partial charge in [0.05, 0.1) is 0 Å². The van der Waals surface area contributed by atoms with E-state index >= 15 is 0 Å². The monoisotopic (exact) mass is 468 g/mol. The summed E-state index contributed by atoms with van der Waals surface area (Å²) < 4.78 is 10.9. The molecule has 4 rings (SSSR count). The Balaban J connectivity index is 1.67. The molecule has 4 bridgehead atoms. The number of halogens is 1. The third kappa shape index (κ3) is 4.27. The fraction of sp³-hybridized carbons (Fsp3) is 0.474. The van der Waals surface area contributed by atoms with Crippen molar-refractivity contribution in [2.45, 2.75) is 25.4 Å². The molecule has 3 aliphatic heterocycles. The van der Waals surface area contributed by atoms with E-state index in [2.05, 4.69) is 49.3 Å². The van der Waals surface area contributed by atoms with Crippen molar-refractivity contribution < 1.29 is 9.53 Å². The Morgan fingerprint density at radius 3 is 3.19 bits per heavy atom. The van der Waals surface area contributed by atoms with E-state index in [-0.39, 0.29) is 12.0 Å². The molecule has 0 radical (unpaired) electrons. The first-order chi connectivity index (χ1) is 12.8. The molecule has 0 saturated heterocycles. The molecule has 0 aromatic heterocycles. The summed E-state index contributed by atoms with van der Waals surface area (Å²) in [5.74, 6) is 0.938. The summed E-state index contributed by atoms with van der Waals surface area (Å²) >= 11 is -1.40. The normalized spacial score (nSPS) is 28.1. The quantitative estimate of drug-likeness (QED) is 0.289. The van der Waals surface area contributed by atoms with E-state index in [9.17, 15) is 4.79 Å². The Bertz CT molecular complexity index is 723. The van der Waals surface area contributed by atoms with Gasteiger partial charge in [0.15, 0.2) is 0 Å². The van der Waals surface area contributed by atoms with Crippen molar-refractivity contribution in [3.8, 4) is 0 Å². The molecular weight excluding hydrogens is 443 g/mol. The second-order valence-corrected chi connectivity index (χ2v) is 11.4. The number of nitrogens with zero attached hydrogens (tertiary/aromatic N) is 1. The molecule has 0 saturated carbocycles. The topological polar surface area (TPSA) is 74.8 Å². The molecule has 0 spiro atoms. The first-order valence-corrected chi connectivity index (χ1v) is 13.0. The molecule has 1 atom stereocenters. The van der Waals surface area contributed by atoms with Crippen molar-refractivity contribution in [3.63, 3.8) is 0 Å². The van der Waals surface area contributed by atoms with E-state index in [1.54, 1.807) is 0 Å². The molecule has 4 aliphatic rings. The number of allylic oxidation sites excluding steroid dienone is 2. The van der Waals surface area contributed by atoms with Gasteiger partial charge in [0.25, 0.3) is 0 Å². The van der Waals surface area contributed by atoms with Crippen LogP contribution in [0.3, 0.4) is 0 Å². The second-order valence-electron chi connectivity index (χ2n) is 6.55. The van der Waals surface area contributed by atoms with Crippen molar-refractivity contribution in [2.75, 3.05) is 30.8 Å². The summed E-state index contributed by atoms with van der Waals surface area (Å²) in [6.45, 7) is 2.61. The molecule has 6 nitrogen and oxygen atoms in total. The molecule has 7 heteroatoms. The molecule has 3 N–H and O–H groups in total. The summed E-state index contributed by atoms with van der Waals surface area (Å²) in [6, 6.07) is 0. The number of aliphatic imine (C=N–C) groups is 1. The number of nitrogens with one attached hydrogen (secondary N) is 3. The fourth-order valence-electron chi connectivity index (χ4n) is 3.38. The molecule has 0 aromatic rings. The second kappa shape index (κ2) is 8.49. The summed E-state index contributed by atoms with van der Waals surface area (Å²) in [6.07, 6.45) is 10.9. The summed E-state index contributed by atoms with van der Waals surface area (Å²) in [5.41, 5.74) is 2.80. The van der Waals surface area contributed by atoms with Crippen LogP contribution in [0.25, 0.3) is 0 Å². The first kappa shape index (κ1) is 17.9. The van der Waals surface area contributed by atoms with Crippen molar-refractivity contribution >= 4 is 31.6 Å². The van der Waals surface area contributed by atoms with E-state index in [0.717, 1.165) is 29.8 Å². The van der Waals surface area contributed by atoms with Gasteiger partial charge in [-0.25, -0.2) is 0 Å². The molecule has 26 heavy (non-hydrogen) atoms. The molecule has 0 fully saturated rings. The predicted molar refractivity (Wildman–Crippen MR) is 112 cm³/mol. The minimum atomic E-state index is -1.40. The first-order valence-electron chi connectivity index (χ1n) is 9.13. The minimum absolute atomic E-state index is 0.0242. The van der Waals surface area contributed by atoms with Gasteiger partial charge in [-0.15, -0.1) is 0 Å². The van der Waals surface area contributed by atoms with Crippen LogP contribution in [0, 0.1) is 0 Å². The Labute approximate surface area is 161 Å². The van der Waals surface area contributed by atoms with E-state index in [1.807, 2.05) is 0 Å². The molecule has 1 aliphatic carbocycles. The Morgan fingerprint density at radius 1 is 1.27 bits per heavy atom. The van der Waals surface area contributed by atoms with Crippen LogP contribution in [-0.2, 0) is 9.53 Å². The van der Waals surface area contributed by atoms with Gasteiger partial charge < -0.3 is 0 Å². The zero-order valence-corrected chi connectivity index (χ0v) is 16.9. The number of amides is 1. The van der Waals surface area contributed by atoms with Crippen LogP contribution in [0.1, 0.15) is 19.3 Å². The number of hydrogen-bond acceptors (Lipinski definition) is 5. The van der Waals surface area contributed by atoms with Crippen LogP contribution in [-0.4, -0.2) is 48.6 Å². The predicted octanol–water partition coefficient (Wildman–Crippen LogP) is 1.96. The number of alkyl halides is 1. The number of hydrogen-bond donors (Lipinski definition) is 3. The van der Waals surface area contributed by atoms with Crippen molar-refractivity contribution in [2.24, 2.45) is 4.99 Å². The van der Waals surface area contributed by atoms with Gasteiger partial charge in [0.1, 0.15) is 0 Å². The summed E-state index contributed by atoms with van der Waals surface area (Å²) in [4.78, 5) is 16.5. The van der Waals surface area contributed by atoms with Gasteiger partial charge in [0.2, 0.25) is 0 Å². The van der Waals surface area contributed by atoms with Gasteiger partial charge >= 0.3 is 161 Å². The van der Waals surface area contributed by atoms with Crippen LogP contribution in [0.4, 0.5) is 0 Å². The van der Waals surface area contributed by atoms with Crippen LogP contribution in [0.5, 0.6) is 0 Å². The van der Waals surface area contributed by atoms with E-state index < -0.39 is 19.8 Å². The van der Waals surface area contributed by atoms with Crippen LogP contribution in [0.15, 0.2) is 48.2 Å². The molecule has 3 heterocycles. The van der Waals surface area contributed by atoms with Crippen molar-refractivity contribution in [3.05, 3.63) is 43.2 Å². The van der Waals surface area contributed by atoms with Crippen LogP contribution < -0.4 is 16.0 Å². The summed E-state index contributed by atoms with van der Waals surface area (Å²) in [5, 5.41) is 10.2. The van der Waals surface area contributed by atoms with Gasteiger partial charge in [-0.2, -0.15) is 0 Å². The van der Waals surface area contributed by atoms with Gasteiger partial charge in [-0.05, 0) is 0 Å². The molecule has 1 amide bonds. The maximum atomic E-state index is 11.9. The van der Waals surface area contributed by atoms with Gasteiger partial charge in [-0.1, -0.05) is 0 Å². The van der Waals surface area contributed by atoms with Crippen LogP contribution in [0.2, 0.25) is 0 Å². The molecule has 1 unspecified atom stereocenters. The third-order valence-corrected chi connectivity index (χ3v) is 9.61. The number of fused-ring (bicyclic) bond motifs is 4. The number of ether oxygens (including phenoxy) is 1. The van der Waals surface area contributed by atoms with Gasteiger partial charge in [-0.3, -0.25) is 0 Å². The number of carbonyl (C=O) groups is 1. The van der Waals surface area contributed by atoms with Crippen molar-refractivity contribution in [1.29, 1.82) is 0 Å². The molecule has 0 aromatic carbocycles. The van der Waals surface area contributed by atoms with Crippen molar-refractivity contribution in [1.82, 2.24) is 16.0 Å². The maximum absolute atomic E-state index is 11.9. The third-order valence-electron chi connectivity index (χ3n) is 4.72. The molecule has 140 valence electrons. The Kier molecular flexibility index (Phi) is 5.86. The average Bonchev–Trinajstić information content (AvgIpc) is 2.87. The average molecular weight is 468 g/mol. The zero-order valence-electron chi connectivity index (χ0n) is 14.8. The number of carbonyl (C=O) groups excluding carboxylic acids is 1. The van der Waals surface area contributed by atoms with E-state index in [0.29, 0.717) is 26.1 Å². The summed E-state index contributed by atoms with van der Waals surface area (Å²) in [7, 11) is 0.